The van der Waals surface area contributed by atoms with Crippen LogP contribution < -0.4 is 16.0 Å². The van der Waals surface area contributed by atoms with Crippen LogP contribution in [0.3, 0.4) is 0 Å². The number of carbonyl (C=O) groups is 1. The molecule has 3 N–H and O–H groups in total. The molecule has 0 aromatic heterocycles. The van der Waals surface area contributed by atoms with Gasteiger partial charge in [0.25, 0.3) is 5.69 Å². The molecular weight excluding hydrogens is 262 g/mol. The predicted molar refractivity (Wildman–Crippen MR) is 71.0 cm³/mol. The fourth-order valence-corrected chi connectivity index (χ4v) is 2.17. The molecule has 1 atom stereocenters. The average molecular weight is 275 g/mol. The van der Waals surface area contributed by atoms with Gasteiger partial charge in [-0.2, -0.15) is 5.26 Å². The van der Waals surface area contributed by atoms with Crippen molar-refractivity contribution in [1.82, 2.24) is 5.32 Å². The molecule has 104 valence electrons. The molecular formula is C12H13N5O3. The van der Waals surface area contributed by atoms with E-state index in [0.29, 0.717) is 18.8 Å². The van der Waals surface area contributed by atoms with Crippen LogP contribution in [0, 0.1) is 21.4 Å². The monoisotopic (exact) mass is 275 g/mol. The first-order valence-electron chi connectivity index (χ1n) is 5.99. The van der Waals surface area contributed by atoms with E-state index in [1.54, 1.807) is 4.90 Å². The van der Waals surface area contributed by atoms with E-state index in [-0.39, 0.29) is 17.8 Å². The largest absolute Gasteiger partial charge is 0.368 e. The topological polar surface area (TPSA) is 125 Å². The highest BCUT2D eigenvalue weighted by atomic mass is 16.6. The molecule has 1 aliphatic heterocycles. The molecule has 0 spiro atoms. The minimum absolute atomic E-state index is 0.144. The van der Waals surface area contributed by atoms with E-state index in [4.69, 9.17) is 11.0 Å². The number of benzene rings is 1. The number of nitriles is 1. The normalized spacial score (nSPS) is 18.4. The first-order chi connectivity index (χ1) is 9.52. The molecule has 1 saturated heterocycles. The van der Waals surface area contributed by atoms with Crippen molar-refractivity contribution in [1.29, 1.82) is 5.26 Å². The Morgan fingerprint density at radius 3 is 2.95 bits per heavy atom. The molecule has 0 radical (unpaired) electrons. The van der Waals surface area contributed by atoms with Crippen LogP contribution in [0.4, 0.5) is 11.4 Å². The second-order valence-electron chi connectivity index (χ2n) is 4.43. The summed E-state index contributed by atoms with van der Waals surface area (Å²) in [5.41, 5.74) is 5.72. The second-order valence-corrected chi connectivity index (χ2v) is 4.43. The number of nitro groups is 1. The van der Waals surface area contributed by atoms with Crippen molar-refractivity contribution in [2.45, 2.75) is 6.04 Å². The second kappa shape index (κ2) is 5.54. The fraction of sp³-hybridized carbons (Fsp3) is 0.333. The Bertz CT molecular complexity index is 595. The Hall–Kier alpha value is -2.66. The molecule has 0 aliphatic carbocycles. The van der Waals surface area contributed by atoms with Gasteiger partial charge in [-0.1, -0.05) is 0 Å². The van der Waals surface area contributed by atoms with E-state index < -0.39 is 16.9 Å². The van der Waals surface area contributed by atoms with Gasteiger partial charge in [-0.15, -0.1) is 0 Å². The van der Waals surface area contributed by atoms with Crippen LogP contribution in [0.15, 0.2) is 18.2 Å². The number of hydrogen-bond donors (Lipinski definition) is 2. The summed E-state index contributed by atoms with van der Waals surface area (Å²) in [6.07, 6.45) is 0. The molecule has 1 heterocycles. The SMILES string of the molecule is N#Cc1ccc(N2CCN[C@H](C(N)=O)C2)c([N+](=O)[O-])c1. The number of nitrogens with one attached hydrogen (secondary N) is 1. The van der Waals surface area contributed by atoms with Crippen LogP contribution in [0.1, 0.15) is 5.56 Å². The summed E-state index contributed by atoms with van der Waals surface area (Å²) in [6.45, 7) is 1.29. The zero-order chi connectivity index (χ0) is 14.7. The fourth-order valence-electron chi connectivity index (χ4n) is 2.17. The maximum Gasteiger partial charge on any atom is 0.293 e. The summed E-state index contributed by atoms with van der Waals surface area (Å²) in [7, 11) is 0. The lowest BCUT2D eigenvalue weighted by molar-refractivity contribution is -0.384. The van der Waals surface area contributed by atoms with Gasteiger partial charge in [0.2, 0.25) is 5.91 Å². The van der Waals surface area contributed by atoms with Crippen LogP contribution >= 0.6 is 0 Å². The summed E-state index contributed by atoms with van der Waals surface area (Å²) < 4.78 is 0. The van der Waals surface area contributed by atoms with E-state index in [2.05, 4.69) is 5.32 Å². The van der Waals surface area contributed by atoms with Gasteiger partial charge in [-0.3, -0.25) is 14.9 Å². The third kappa shape index (κ3) is 2.67. The maximum atomic E-state index is 11.2. The number of hydrogen-bond acceptors (Lipinski definition) is 6. The Labute approximate surface area is 114 Å². The standard InChI is InChI=1S/C12H13N5O3/c13-6-8-1-2-10(11(5-8)17(19)20)16-4-3-15-9(7-16)12(14)18/h1-2,5,9,15H,3-4,7H2,(H2,14,18)/t9-/m0/s1. The molecule has 8 nitrogen and oxygen atoms in total. The van der Waals surface area contributed by atoms with Crippen molar-refractivity contribution in [2.75, 3.05) is 24.5 Å². The summed E-state index contributed by atoms with van der Waals surface area (Å²) in [4.78, 5) is 23.5. The van der Waals surface area contributed by atoms with Gasteiger partial charge in [-0.05, 0) is 12.1 Å². The molecule has 1 aliphatic rings. The quantitative estimate of drug-likeness (QED) is 0.577. The highest BCUT2D eigenvalue weighted by Gasteiger charge is 2.27. The van der Waals surface area contributed by atoms with Gasteiger partial charge >= 0.3 is 0 Å². The number of nitrogens with two attached hydrogens (primary N) is 1. The summed E-state index contributed by atoms with van der Waals surface area (Å²) in [6, 6.07) is 5.61. The molecule has 0 unspecified atom stereocenters. The van der Waals surface area contributed by atoms with Gasteiger partial charge < -0.3 is 16.0 Å². The van der Waals surface area contributed by atoms with Crippen LogP contribution in [0.5, 0.6) is 0 Å². The van der Waals surface area contributed by atoms with Crippen molar-refractivity contribution < 1.29 is 9.72 Å². The number of amides is 1. The van der Waals surface area contributed by atoms with Crippen molar-refractivity contribution in [3.05, 3.63) is 33.9 Å². The lowest BCUT2D eigenvalue weighted by Gasteiger charge is -2.33. The number of rotatable bonds is 3. The van der Waals surface area contributed by atoms with E-state index in [9.17, 15) is 14.9 Å². The van der Waals surface area contributed by atoms with Crippen molar-refractivity contribution >= 4 is 17.3 Å². The summed E-state index contributed by atoms with van der Waals surface area (Å²) in [5.74, 6) is -0.494. The number of carbonyl (C=O) groups excluding carboxylic acids is 1. The highest BCUT2D eigenvalue weighted by Crippen LogP contribution is 2.29. The third-order valence-electron chi connectivity index (χ3n) is 3.16. The molecule has 0 saturated carbocycles. The summed E-state index contributed by atoms with van der Waals surface area (Å²) in [5, 5.41) is 22.9. The molecule has 1 aromatic carbocycles. The molecule has 1 aromatic rings. The lowest BCUT2D eigenvalue weighted by atomic mass is 10.1. The Morgan fingerprint density at radius 1 is 1.60 bits per heavy atom. The molecule has 20 heavy (non-hydrogen) atoms. The smallest absolute Gasteiger partial charge is 0.293 e. The van der Waals surface area contributed by atoms with E-state index >= 15 is 0 Å². The Balaban J connectivity index is 2.34. The molecule has 2 rings (SSSR count). The number of anilines is 1. The lowest BCUT2D eigenvalue weighted by Crippen LogP contribution is -2.56. The molecule has 1 amide bonds. The Morgan fingerprint density at radius 2 is 2.35 bits per heavy atom. The van der Waals surface area contributed by atoms with Crippen LogP contribution in [0.2, 0.25) is 0 Å². The van der Waals surface area contributed by atoms with Crippen LogP contribution in [-0.4, -0.2) is 36.5 Å². The first kappa shape index (κ1) is 13.8. The zero-order valence-electron chi connectivity index (χ0n) is 10.6. The first-order valence-corrected chi connectivity index (χ1v) is 5.99. The number of primary amides is 1. The van der Waals surface area contributed by atoms with Crippen LogP contribution in [0.25, 0.3) is 0 Å². The summed E-state index contributed by atoms with van der Waals surface area (Å²) >= 11 is 0. The van der Waals surface area contributed by atoms with Crippen LogP contribution in [-0.2, 0) is 4.79 Å². The number of nitrogens with zero attached hydrogens (tertiary/aromatic N) is 3. The van der Waals surface area contributed by atoms with Gasteiger partial charge in [0.15, 0.2) is 0 Å². The Kier molecular flexibility index (Phi) is 3.81. The van der Waals surface area contributed by atoms with E-state index in [1.807, 2.05) is 6.07 Å². The van der Waals surface area contributed by atoms with Crippen molar-refractivity contribution in [3.63, 3.8) is 0 Å². The van der Waals surface area contributed by atoms with E-state index in [0.717, 1.165) is 0 Å². The minimum Gasteiger partial charge on any atom is -0.368 e. The third-order valence-corrected chi connectivity index (χ3v) is 3.16. The molecule has 8 heteroatoms. The van der Waals surface area contributed by atoms with Gasteiger partial charge in [0, 0.05) is 25.7 Å². The highest BCUT2D eigenvalue weighted by molar-refractivity contribution is 5.81. The number of nitro benzene ring substituents is 1. The van der Waals surface area contributed by atoms with Crippen molar-refractivity contribution in [2.24, 2.45) is 5.73 Å². The zero-order valence-corrected chi connectivity index (χ0v) is 10.6. The average Bonchev–Trinajstić information content (AvgIpc) is 2.46. The maximum absolute atomic E-state index is 11.2. The van der Waals surface area contributed by atoms with Gasteiger partial charge in [0.05, 0.1) is 16.6 Å². The molecule has 1 fully saturated rings. The van der Waals surface area contributed by atoms with Crippen molar-refractivity contribution in [3.8, 4) is 6.07 Å². The minimum atomic E-state index is -0.543. The molecule has 0 bridgehead atoms. The van der Waals surface area contributed by atoms with Gasteiger partial charge in [0.1, 0.15) is 11.7 Å². The predicted octanol–water partition coefficient (Wildman–Crippen LogP) is -0.270. The number of piperazine rings is 1. The van der Waals surface area contributed by atoms with E-state index in [1.165, 1.54) is 18.2 Å². The van der Waals surface area contributed by atoms with Gasteiger partial charge in [-0.25, -0.2) is 0 Å².